The molecule has 3 aromatic rings. The van der Waals surface area contributed by atoms with Gasteiger partial charge in [0.1, 0.15) is 23.5 Å². The monoisotopic (exact) mass is 370 g/mol. The van der Waals surface area contributed by atoms with Crippen molar-refractivity contribution in [2.45, 2.75) is 26.8 Å². The van der Waals surface area contributed by atoms with Crippen LogP contribution in [0.15, 0.2) is 42.6 Å². The number of nitrogens with one attached hydrogen (secondary N) is 1. The van der Waals surface area contributed by atoms with E-state index in [1.54, 1.807) is 0 Å². The summed E-state index contributed by atoms with van der Waals surface area (Å²) in [5.41, 5.74) is 1.92. The van der Waals surface area contributed by atoms with Crippen molar-refractivity contribution in [2.75, 3.05) is 5.32 Å². The van der Waals surface area contributed by atoms with Gasteiger partial charge in [0.05, 0.1) is 0 Å². The zero-order valence-corrected chi connectivity index (χ0v) is 15.3. The predicted molar refractivity (Wildman–Crippen MR) is 102 cm³/mol. The van der Waals surface area contributed by atoms with Crippen LogP contribution in [0.3, 0.4) is 0 Å². The van der Waals surface area contributed by atoms with Crippen molar-refractivity contribution in [3.8, 4) is 11.1 Å². The maximum atomic E-state index is 13.7. The number of pyridine rings is 1. The molecule has 1 heterocycles. The van der Waals surface area contributed by atoms with Gasteiger partial charge >= 0.3 is 5.97 Å². The fourth-order valence-electron chi connectivity index (χ4n) is 3.07. The number of nitrogens with zero attached hydrogens (tertiary/aromatic N) is 1. The summed E-state index contributed by atoms with van der Waals surface area (Å²) in [6.45, 7) is 5.53. The standard InChI is InChI=1S/C21H20F2N2O2/c1-11(2)19(21(26)27)25-20-16-5-4-12(3)6-17(16)18(10-24-20)13-7-14(22)9-15(23)8-13/h4-11,19H,1-3H3,(H,24,25)(H,26,27). The molecular weight excluding hydrogens is 350 g/mol. The Hall–Kier alpha value is -3.02. The van der Waals surface area contributed by atoms with Crippen LogP contribution in [-0.2, 0) is 4.79 Å². The highest BCUT2D eigenvalue weighted by atomic mass is 19.1. The van der Waals surface area contributed by atoms with Gasteiger partial charge in [-0.25, -0.2) is 18.6 Å². The number of halogens is 2. The Balaban J connectivity index is 2.19. The van der Waals surface area contributed by atoms with E-state index in [1.165, 1.54) is 18.3 Å². The Labute approximate surface area is 155 Å². The van der Waals surface area contributed by atoms with Gasteiger partial charge in [-0.15, -0.1) is 0 Å². The lowest BCUT2D eigenvalue weighted by Crippen LogP contribution is -2.34. The molecule has 3 rings (SSSR count). The van der Waals surface area contributed by atoms with E-state index in [4.69, 9.17) is 0 Å². The second kappa shape index (κ2) is 7.31. The van der Waals surface area contributed by atoms with E-state index >= 15 is 0 Å². The Bertz CT molecular complexity index is 998. The number of aliphatic carboxylic acids is 1. The lowest BCUT2D eigenvalue weighted by Gasteiger charge is -2.20. The van der Waals surface area contributed by atoms with E-state index < -0.39 is 23.6 Å². The molecule has 1 aromatic heterocycles. The molecular formula is C21H20F2N2O2. The first-order valence-corrected chi connectivity index (χ1v) is 8.61. The quantitative estimate of drug-likeness (QED) is 0.663. The number of anilines is 1. The highest BCUT2D eigenvalue weighted by Crippen LogP contribution is 2.33. The molecule has 0 radical (unpaired) electrons. The largest absolute Gasteiger partial charge is 0.480 e. The third kappa shape index (κ3) is 3.89. The van der Waals surface area contributed by atoms with Gasteiger partial charge in [0.25, 0.3) is 0 Å². The topological polar surface area (TPSA) is 62.2 Å². The van der Waals surface area contributed by atoms with Gasteiger partial charge in [0.15, 0.2) is 0 Å². The molecule has 2 aromatic carbocycles. The molecule has 0 bridgehead atoms. The fraction of sp³-hybridized carbons (Fsp3) is 0.238. The van der Waals surface area contributed by atoms with Gasteiger partial charge in [-0.2, -0.15) is 0 Å². The van der Waals surface area contributed by atoms with E-state index in [-0.39, 0.29) is 5.92 Å². The first-order chi connectivity index (χ1) is 12.8. The van der Waals surface area contributed by atoms with E-state index in [1.807, 2.05) is 39.0 Å². The van der Waals surface area contributed by atoms with E-state index in [0.29, 0.717) is 22.3 Å². The Morgan fingerprint density at radius 2 is 1.74 bits per heavy atom. The van der Waals surface area contributed by atoms with Crippen LogP contribution in [0.25, 0.3) is 21.9 Å². The number of aryl methyl sites for hydroxylation is 1. The van der Waals surface area contributed by atoms with Crippen LogP contribution >= 0.6 is 0 Å². The van der Waals surface area contributed by atoms with Crippen molar-refractivity contribution in [3.05, 3.63) is 59.8 Å². The first kappa shape index (κ1) is 18.8. The maximum absolute atomic E-state index is 13.7. The van der Waals surface area contributed by atoms with Crippen LogP contribution in [0.4, 0.5) is 14.6 Å². The number of hydrogen-bond acceptors (Lipinski definition) is 3. The molecule has 1 unspecified atom stereocenters. The molecule has 6 heteroatoms. The zero-order valence-electron chi connectivity index (χ0n) is 15.3. The van der Waals surface area contributed by atoms with Crippen LogP contribution < -0.4 is 5.32 Å². The number of benzene rings is 2. The molecule has 0 saturated heterocycles. The van der Waals surface area contributed by atoms with Crippen LogP contribution in [0.5, 0.6) is 0 Å². The van der Waals surface area contributed by atoms with E-state index in [9.17, 15) is 18.7 Å². The summed E-state index contributed by atoms with van der Waals surface area (Å²) in [6.07, 6.45) is 1.51. The molecule has 2 N–H and O–H groups in total. The van der Waals surface area contributed by atoms with Crippen molar-refractivity contribution in [2.24, 2.45) is 5.92 Å². The highest BCUT2D eigenvalue weighted by molar-refractivity contribution is 6.02. The molecule has 0 spiro atoms. The summed E-state index contributed by atoms with van der Waals surface area (Å²) in [7, 11) is 0. The third-order valence-corrected chi connectivity index (χ3v) is 4.44. The van der Waals surface area contributed by atoms with Gasteiger partial charge in [-0.05, 0) is 35.9 Å². The Kier molecular flexibility index (Phi) is 5.08. The summed E-state index contributed by atoms with van der Waals surface area (Å²) < 4.78 is 27.4. The predicted octanol–water partition coefficient (Wildman–Crippen LogP) is 5.01. The number of carbonyl (C=O) groups is 1. The van der Waals surface area contributed by atoms with E-state index in [2.05, 4.69) is 10.3 Å². The van der Waals surface area contributed by atoms with Crippen molar-refractivity contribution >= 4 is 22.6 Å². The molecule has 0 aliphatic rings. The summed E-state index contributed by atoms with van der Waals surface area (Å²) in [6, 6.07) is 8.13. The second-order valence-corrected chi connectivity index (χ2v) is 6.93. The number of fused-ring (bicyclic) bond motifs is 1. The molecule has 0 amide bonds. The number of hydrogen-bond donors (Lipinski definition) is 2. The summed E-state index contributed by atoms with van der Waals surface area (Å²) in [5.74, 6) is -2.03. The first-order valence-electron chi connectivity index (χ1n) is 8.61. The third-order valence-electron chi connectivity index (χ3n) is 4.44. The fourth-order valence-corrected chi connectivity index (χ4v) is 3.07. The lowest BCUT2D eigenvalue weighted by atomic mass is 9.98. The SMILES string of the molecule is Cc1ccc2c(NC(C(=O)O)C(C)C)ncc(-c3cc(F)cc(F)c3)c2c1. The molecule has 0 aliphatic heterocycles. The molecule has 140 valence electrons. The van der Waals surface area contributed by atoms with Gasteiger partial charge in [-0.1, -0.05) is 37.6 Å². The van der Waals surface area contributed by atoms with Crippen molar-refractivity contribution < 1.29 is 18.7 Å². The van der Waals surface area contributed by atoms with Crippen molar-refractivity contribution in [3.63, 3.8) is 0 Å². The summed E-state index contributed by atoms with van der Waals surface area (Å²) in [4.78, 5) is 15.9. The average Bonchev–Trinajstić information content (AvgIpc) is 2.57. The number of aromatic nitrogens is 1. The Morgan fingerprint density at radius 3 is 2.33 bits per heavy atom. The summed E-state index contributed by atoms with van der Waals surface area (Å²) >= 11 is 0. The number of carboxylic acid groups (broad SMARTS) is 1. The van der Waals surface area contributed by atoms with Gasteiger partial charge < -0.3 is 10.4 Å². The molecule has 0 saturated carbocycles. The van der Waals surface area contributed by atoms with Crippen molar-refractivity contribution in [1.82, 2.24) is 4.98 Å². The van der Waals surface area contributed by atoms with Gasteiger partial charge in [0.2, 0.25) is 0 Å². The minimum Gasteiger partial charge on any atom is -0.480 e. The Morgan fingerprint density at radius 1 is 1.07 bits per heavy atom. The van der Waals surface area contributed by atoms with E-state index in [0.717, 1.165) is 17.0 Å². The molecule has 4 nitrogen and oxygen atoms in total. The van der Waals surface area contributed by atoms with Crippen molar-refractivity contribution in [1.29, 1.82) is 0 Å². The molecule has 27 heavy (non-hydrogen) atoms. The van der Waals surface area contributed by atoms with Crippen LogP contribution in [0.2, 0.25) is 0 Å². The zero-order chi connectivity index (χ0) is 19.7. The van der Waals surface area contributed by atoms with Gasteiger partial charge in [-0.3, -0.25) is 0 Å². The molecule has 0 fully saturated rings. The molecule has 1 atom stereocenters. The van der Waals surface area contributed by atoms with Crippen LogP contribution in [-0.4, -0.2) is 22.1 Å². The minimum absolute atomic E-state index is 0.151. The second-order valence-electron chi connectivity index (χ2n) is 6.93. The highest BCUT2D eigenvalue weighted by Gasteiger charge is 2.23. The average molecular weight is 370 g/mol. The lowest BCUT2D eigenvalue weighted by molar-refractivity contribution is -0.138. The summed E-state index contributed by atoms with van der Waals surface area (Å²) in [5, 5.41) is 13.9. The normalized spacial score (nSPS) is 12.4. The van der Waals surface area contributed by atoms with Crippen LogP contribution in [0.1, 0.15) is 19.4 Å². The maximum Gasteiger partial charge on any atom is 0.326 e. The number of carboxylic acids is 1. The van der Waals surface area contributed by atoms with Gasteiger partial charge in [0, 0.05) is 23.2 Å². The smallest absolute Gasteiger partial charge is 0.326 e. The number of rotatable bonds is 5. The minimum atomic E-state index is -0.969. The van der Waals surface area contributed by atoms with Crippen LogP contribution in [0, 0.1) is 24.5 Å². The molecule has 0 aliphatic carbocycles.